The van der Waals surface area contributed by atoms with Crippen molar-refractivity contribution in [3.05, 3.63) is 11.9 Å². The maximum Gasteiger partial charge on any atom is 0.145 e. The van der Waals surface area contributed by atoms with Crippen molar-refractivity contribution in [3.63, 3.8) is 0 Å². The molecule has 5 N–H and O–H groups in total. The molecule has 1 aromatic rings. The van der Waals surface area contributed by atoms with Gasteiger partial charge in [-0.3, -0.25) is 0 Å². The number of anilines is 2. The van der Waals surface area contributed by atoms with Gasteiger partial charge >= 0.3 is 0 Å². The summed E-state index contributed by atoms with van der Waals surface area (Å²) < 4.78 is 0. The summed E-state index contributed by atoms with van der Waals surface area (Å²) in [6.07, 6.45) is 3.90. The summed E-state index contributed by atoms with van der Waals surface area (Å²) in [6, 6.07) is 1.81. The van der Waals surface area contributed by atoms with Gasteiger partial charge < -0.3 is 15.8 Å². The lowest BCUT2D eigenvalue weighted by atomic mass is 9.87. The molecule has 2 atom stereocenters. The van der Waals surface area contributed by atoms with Crippen molar-refractivity contribution in [1.82, 2.24) is 9.97 Å². The third-order valence-electron chi connectivity index (χ3n) is 3.87. The molecule has 1 saturated carbocycles. The topological polar surface area (TPSA) is 96.1 Å². The van der Waals surface area contributed by atoms with E-state index in [1.165, 1.54) is 0 Å². The van der Waals surface area contributed by atoms with Crippen molar-refractivity contribution in [2.24, 2.45) is 11.8 Å². The zero-order valence-corrected chi connectivity index (χ0v) is 13.2. The van der Waals surface area contributed by atoms with E-state index in [0.717, 1.165) is 43.9 Å². The van der Waals surface area contributed by atoms with Gasteiger partial charge in [-0.25, -0.2) is 15.8 Å². The van der Waals surface area contributed by atoms with E-state index in [4.69, 9.17) is 5.84 Å². The van der Waals surface area contributed by atoms with Gasteiger partial charge in [0.05, 0.1) is 6.10 Å². The zero-order chi connectivity index (χ0) is 15.5. The molecule has 118 valence electrons. The van der Waals surface area contributed by atoms with Crippen LogP contribution in [0.3, 0.4) is 0 Å². The Morgan fingerprint density at radius 1 is 1.29 bits per heavy atom. The highest BCUT2D eigenvalue weighted by molar-refractivity contribution is 5.47. The van der Waals surface area contributed by atoms with Crippen LogP contribution in [0.4, 0.5) is 11.6 Å². The maximum atomic E-state index is 9.73. The van der Waals surface area contributed by atoms with Crippen LogP contribution >= 0.6 is 0 Å². The van der Waals surface area contributed by atoms with Crippen molar-refractivity contribution in [3.8, 4) is 0 Å². The Hall–Kier alpha value is -1.40. The molecular weight excluding hydrogens is 266 g/mol. The molecule has 6 heteroatoms. The minimum absolute atomic E-state index is 0.135. The fraction of sp³-hybridized carbons (Fsp3) is 0.733. The highest BCUT2D eigenvalue weighted by Crippen LogP contribution is 2.25. The summed E-state index contributed by atoms with van der Waals surface area (Å²) in [5, 5.41) is 13.1. The van der Waals surface area contributed by atoms with Gasteiger partial charge in [0.1, 0.15) is 17.5 Å². The summed E-state index contributed by atoms with van der Waals surface area (Å²) in [5.41, 5.74) is 2.46. The molecule has 2 unspecified atom stereocenters. The Kier molecular flexibility index (Phi) is 5.00. The molecule has 1 aliphatic rings. The van der Waals surface area contributed by atoms with Crippen LogP contribution in [0.15, 0.2) is 6.07 Å². The average molecular weight is 293 g/mol. The van der Waals surface area contributed by atoms with E-state index in [-0.39, 0.29) is 11.5 Å². The first-order valence-electron chi connectivity index (χ1n) is 7.66. The van der Waals surface area contributed by atoms with Crippen molar-refractivity contribution in [2.45, 2.75) is 58.0 Å². The minimum atomic E-state index is -0.151. The van der Waals surface area contributed by atoms with Crippen molar-refractivity contribution in [2.75, 3.05) is 17.3 Å². The quantitative estimate of drug-likeness (QED) is 0.501. The summed E-state index contributed by atoms with van der Waals surface area (Å²) in [5.74, 6) is 8.13. The number of nitrogens with two attached hydrogens (primary N) is 1. The number of nitrogens with zero attached hydrogens (tertiary/aromatic N) is 2. The molecule has 0 amide bonds. The van der Waals surface area contributed by atoms with Crippen LogP contribution in [0.25, 0.3) is 0 Å². The minimum Gasteiger partial charge on any atom is -0.393 e. The molecule has 1 fully saturated rings. The molecule has 1 heterocycles. The van der Waals surface area contributed by atoms with E-state index in [2.05, 4.69) is 41.5 Å². The van der Waals surface area contributed by atoms with E-state index in [0.29, 0.717) is 11.7 Å². The van der Waals surface area contributed by atoms with Gasteiger partial charge in [-0.1, -0.05) is 27.2 Å². The Labute approximate surface area is 126 Å². The van der Waals surface area contributed by atoms with Gasteiger partial charge in [0.15, 0.2) is 0 Å². The first-order valence-corrected chi connectivity index (χ1v) is 7.66. The van der Waals surface area contributed by atoms with Crippen LogP contribution < -0.4 is 16.6 Å². The molecule has 2 rings (SSSR count). The first kappa shape index (κ1) is 16.0. The van der Waals surface area contributed by atoms with E-state index >= 15 is 0 Å². The second-order valence-corrected chi connectivity index (χ2v) is 6.92. The van der Waals surface area contributed by atoms with E-state index < -0.39 is 0 Å². The standard InChI is InChI=1S/C15H27N5O/c1-15(2,3)14-18-12(8-13(19-14)20-16)17-9-10-5-4-6-11(21)7-10/h8,10-11,21H,4-7,9,16H2,1-3H3,(H2,17,18,19,20). The number of hydrazine groups is 1. The summed E-state index contributed by atoms with van der Waals surface area (Å²) in [6.45, 7) is 7.04. The first-order chi connectivity index (χ1) is 9.88. The number of aliphatic hydroxyl groups excluding tert-OH is 1. The average Bonchev–Trinajstić information content (AvgIpc) is 2.44. The van der Waals surface area contributed by atoms with E-state index in [9.17, 15) is 5.11 Å². The van der Waals surface area contributed by atoms with Gasteiger partial charge in [-0.2, -0.15) is 0 Å². The van der Waals surface area contributed by atoms with Crippen LogP contribution in [0.5, 0.6) is 0 Å². The third kappa shape index (κ3) is 4.54. The fourth-order valence-corrected chi connectivity index (χ4v) is 2.64. The highest BCUT2D eigenvalue weighted by Gasteiger charge is 2.21. The number of hydrogen-bond acceptors (Lipinski definition) is 6. The Bertz CT molecular complexity index is 472. The predicted molar refractivity (Wildman–Crippen MR) is 85.0 cm³/mol. The molecule has 6 nitrogen and oxygen atoms in total. The fourth-order valence-electron chi connectivity index (χ4n) is 2.64. The van der Waals surface area contributed by atoms with Crippen LogP contribution in [-0.2, 0) is 5.41 Å². The normalized spacial score (nSPS) is 22.9. The van der Waals surface area contributed by atoms with Gasteiger partial charge in [0.25, 0.3) is 0 Å². The largest absolute Gasteiger partial charge is 0.393 e. The number of aliphatic hydroxyl groups is 1. The van der Waals surface area contributed by atoms with Crippen molar-refractivity contribution >= 4 is 11.6 Å². The number of nitrogen functional groups attached to an aromatic ring is 1. The number of aromatic nitrogens is 2. The van der Waals surface area contributed by atoms with Gasteiger partial charge in [-0.15, -0.1) is 0 Å². The number of rotatable bonds is 4. The lowest BCUT2D eigenvalue weighted by Gasteiger charge is -2.26. The molecule has 1 aromatic heterocycles. The summed E-state index contributed by atoms with van der Waals surface area (Å²) in [4.78, 5) is 8.98. The highest BCUT2D eigenvalue weighted by atomic mass is 16.3. The summed E-state index contributed by atoms with van der Waals surface area (Å²) >= 11 is 0. The van der Waals surface area contributed by atoms with Crippen LogP contribution in [0.2, 0.25) is 0 Å². The molecule has 0 saturated heterocycles. The van der Waals surface area contributed by atoms with Crippen molar-refractivity contribution in [1.29, 1.82) is 0 Å². The molecule has 0 aliphatic heterocycles. The molecule has 0 radical (unpaired) electrons. The van der Waals surface area contributed by atoms with Gasteiger partial charge in [-0.05, 0) is 25.2 Å². The lowest BCUT2D eigenvalue weighted by Crippen LogP contribution is -2.26. The number of nitrogens with one attached hydrogen (secondary N) is 2. The maximum absolute atomic E-state index is 9.73. The SMILES string of the molecule is CC(C)(C)c1nc(NN)cc(NCC2CCCC(O)C2)n1. The van der Waals surface area contributed by atoms with Gasteiger partial charge in [0, 0.05) is 18.0 Å². The molecule has 0 aromatic carbocycles. The van der Waals surface area contributed by atoms with Crippen LogP contribution in [-0.4, -0.2) is 27.7 Å². The Morgan fingerprint density at radius 2 is 2.00 bits per heavy atom. The second kappa shape index (κ2) is 6.58. The lowest BCUT2D eigenvalue weighted by molar-refractivity contribution is 0.104. The van der Waals surface area contributed by atoms with E-state index in [1.54, 1.807) is 0 Å². The molecule has 0 spiro atoms. The molecule has 21 heavy (non-hydrogen) atoms. The Balaban J connectivity index is 2.05. The molecule has 1 aliphatic carbocycles. The summed E-state index contributed by atoms with van der Waals surface area (Å²) in [7, 11) is 0. The van der Waals surface area contributed by atoms with E-state index in [1.807, 2.05) is 6.07 Å². The molecular formula is C15H27N5O. The van der Waals surface area contributed by atoms with Crippen LogP contribution in [0.1, 0.15) is 52.3 Å². The van der Waals surface area contributed by atoms with Gasteiger partial charge in [0.2, 0.25) is 0 Å². The zero-order valence-electron chi connectivity index (χ0n) is 13.2. The van der Waals surface area contributed by atoms with Crippen LogP contribution in [0, 0.1) is 5.92 Å². The number of hydrogen-bond donors (Lipinski definition) is 4. The van der Waals surface area contributed by atoms with Crippen molar-refractivity contribution < 1.29 is 5.11 Å². The Morgan fingerprint density at radius 3 is 2.62 bits per heavy atom. The third-order valence-corrected chi connectivity index (χ3v) is 3.87. The second-order valence-electron chi connectivity index (χ2n) is 6.92. The smallest absolute Gasteiger partial charge is 0.145 e. The predicted octanol–water partition coefficient (Wildman–Crippen LogP) is 2.02. The molecule has 0 bridgehead atoms. The monoisotopic (exact) mass is 293 g/mol.